The maximum absolute atomic E-state index is 8.12. The molecule has 1 heterocycles. The van der Waals surface area contributed by atoms with Crippen molar-refractivity contribution in [1.29, 1.82) is 0 Å². The number of rotatable bonds is 4. The van der Waals surface area contributed by atoms with E-state index in [0.717, 1.165) is 18.3 Å². The van der Waals surface area contributed by atoms with E-state index in [-0.39, 0.29) is 6.15 Å². The zero-order chi connectivity index (χ0) is 12.8. The smallest absolute Gasteiger partial charge is 0.373 e. The van der Waals surface area contributed by atoms with E-state index in [0.29, 0.717) is 0 Å². The van der Waals surface area contributed by atoms with Crippen molar-refractivity contribution in [3.8, 4) is 5.75 Å². The number of hydrogen-bond acceptors (Lipinski definition) is 3. The van der Waals surface area contributed by atoms with E-state index in [1.807, 2.05) is 12.3 Å². The van der Waals surface area contributed by atoms with Gasteiger partial charge in [0.25, 0.3) is 0 Å². The lowest BCUT2D eigenvalue weighted by Crippen LogP contribution is -1.97. The van der Waals surface area contributed by atoms with Gasteiger partial charge in [0.15, 0.2) is 0 Å². The lowest BCUT2D eigenvalue weighted by molar-refractivity contribution is -0.191. The summed E-state index contributed by atoms with van der Waals surface area (Å²) in [7, 11) is 0. The van der Waals surface area contributed by atoms with E-state index >= 15 is 0 Å². The number of hydrogen-bond donors (Lipinski definition) is 1. The molecular formula is C14H15NO3. The maximum Gasteiger partial charge on any atom is 0.373 e. The molecule has 0 radical (unpaired) electrons. The maximum atomic E-state index is 8.12. The summed E-state index contributed by atoms with van der Waals surface area (Å²) < 4.78 is 5.72. The molecule has 1 fully saturated rings. The van der Waals surface area contributed by atoms with Crippen LogP contribution in [0.3, 0.4) is 0 Å². The SMILES string of the molecule is O=C=O.c1cc2cc(OCCC3CC3)ccc2[nH]1. The van der Waals surface area contributed by atoms with Gasteiger partial charge < -0.3 is 9.72 Å². The van der Waals surface area contributed by atoms with Crippen LogP contribution >= 0.6 is 0 Å². The molecule has 4 heteroatoms. The van der Waals surface area contributed by atoms with Gasteiger partial charge in [-0.15, -0.1) is 0 Å². The van der Waals surface area contributed by atoms with E-state index in [1.165, 1.54) is 30.2 Å². The first-order valence-electron chi connectivity index (χ1n) is 6.02. The molecule has 18 heavy (non-hydrogen) atoms. The minimum absolute atomic E-state index is 0.250. The van der Waals surface area contributed by atoms with E-state index < -0.39 is 0 Å². The lowest BCUT2D eigenvalue weighted by atomic mass is 10.2. The first kappa shape index (κ1) is 12.4. The monoisotopic (exact) mass is 245 g/mol. The molecule has 0 aliphatic heterocycles. The van der Waals surface area contributed by atoms with Gasteiger partial charge in [0.2, 0.25) is 0 Å². The Morgan fingerprint density at radius 3 is 2.78 bits per heavy atom. The van der Waals surface area contributed by atoms with Crippen molar-refractivity contribution in [2.24, 2.45) is 5.92 Å². The highest BCUT2D eigenvalue weighted by molar-refractivity contribution is 5.80. The fourth-order valence-electron chi connectivity index (χ4n) is 1.87. The minimum Gasteiger partial charge on any atom is -0.494 e. The van der Waals surface area contributed by atoms with Crippen LogP contribution in [0.5, 0.6) is 5.75 Å². The zero-order valence-corrected chi connectivity index (χ0v) is 10.0. The number of aromatic nitrogens is 1. The number of H-pyrrole nitrogens is 1. The van der Waals surface area contributed by atoms with Gasteiger partial charge in [-0.3, -0.25) is 0 Å². The number of aromatic amines is 1. The Morgan fingerprint density at radius 1 is 1.28 bits per heavy atom. The number of fused-ring (bicyclic) bond motifs is 1. The Kier molecular flexibility index (Phi) is 4.15. The van der Waals surface area contributed by atoms with Crippen molar-refractivity contribution in [2.75, 3.05) is 6.61 Å². The molecule has 94 valence electrons. The standard InChI is InChI=1S/C13H15NO.CO2/c1-2-10(1)6-8-15-12-3-4-13-11(9-12)5-7-14-13;2-1-3/h3-5,7,9-10,14H,1-2,6,8H2;. The molecule has 2 aromatic rings. The third kappa shape index (κ3) is 3.47. The molecule has 1 aliphatic rings. The van der Waals surface area contributed by atoms with Gasteiger partial charge in [0.1, 0.15) is 5.75 Å². The Labute approximate surface area is 105 Å². The summed E-state index contributed by atoms with van der Waals surface area (Å²) in [4.78, 5) is 19.4. The molecule has 0 bridgehead atoms. The molecule has 0 spiro atoms. The number of ether oxygens (including phenoxy) is 1. The van der Waals surface area contributed by atoms with Crippen LogP contribution in [0.1, 0.15) is 19.3 Å². The molecule has 1 aromatic heterocycles. The Hall–Kier alpha value is -2.06. The molecule has 1 saturated carbocycles. The highest BCUT2D eigenvalue weighted by Crippen LogP contribution is 2.32. The highest BCUT2D eigenvalue weighted by Gasteiger charge is 2.20. The second-order valence-electron chi connectivity index (χ2n) is 4.39. The van der Waals surface area contributed by atoms with Crippen LogP contribution in [0, 0.1) is 5.92 Å². The van der Waals surface area contributed by atoms with Crippen molar-refractivity contribution in [2.45, 2.75) is 19.3 Å². The van der Waals surface area contributed by atoms with Gasteiger partial charge in [0.05, 0.1) is 6.61 Å². The van der Waals surface area contributed by atoms with Gasteiger partial charge in [-0.05, 0) is 36.6 Å². The quantitative estimate of drug-likeness (QED) is 0.901. The minimum atomic E-state index is 0.250. The summed E-state index contributed by atoms with van der Waals surface area (Å²) in [6.07, 6.45) is 6.23. The Bertz CT molecular complexity index is 537. The predicted molar refractivity (Wildman–Crippen MR) is 66.1 cm³/mol. The van der Waals surface area contributed by atoms with Crippen molar-refractivity contribution >= 4 is 17.1 Å². The molecule has 4 nitrogen and oxygen atoms in total. The molecule has 0 atom stereocenters. The van der Waals surface area contributed by atoms with E-state index in [2.05, 4.69) is 23.2 Å². The summed E-state index contributed by atoms with van der Waals surface area (Å²) >= 11 is 0. The topological polar surface area (TPSA) is 59.2 Å². The average Bonchev–Trinajstić information content (AvgIpc) is 3.07. The van der Waals surface area contributed by atoms with Gasteiger partial charge in [-0.2, -0.15) is 9.59 Å². The third-order valence-corrected chi connectivity index (χ3v) is 3.02. The molecule has 0 amide bonds. The zero-order valence-electron chi connectivity index (χ0n) is 10.0. The lowest BCUT2D eigenvalue weighted by Gasteiger charge is -2.05. The van der Waals surface area contributed by atoms with Crippen LogP contribution < -0.4 is 4.74 Å². The Morgan fingerprint density at radius 2 is 2.06 bits per heavy atom. The second-order valence-corrected chi connectivity index (χ2v) is 4.39. The van der Waals surface area contributed by atoms with Crippen LogP contribution in [0.4, 0.5) is 0 Å². The summed E-state index contributed by atoms with van der Waals surface area (Å²) in [5.41, 5.74) is 1.17. The largest absolute Gasteiger partial charge is 0.494 e. The van der Waals surface area contributed by atoms with Gasteiger partial charge in [-0.25, -0.2) is 0 Å². The molecule has 1 N–H and O–H groups in total. The van der Waals surface area contributed by atoms with Crippen LogP contribution in [0.25, 0.3) is 10.9 Å². The van der Waals surface area contributed by atoms with E-state index in [4.69, 9.17) is 14.3 Å². The number of carbonyl (C=O) groups excluding carboxylic acids is 2. The van der Waals surface area contributed by atoms with E-state index in [9.17, 15) is 0 Å². The Balaban J connectivity index is 0.000000367. The predicted octanol–water partition coefficient (Wildman–Crippen LogP) is 2.76. The summed E-state index contributed by atoms with van der Waals surface area (Å²) in [6.45, 7) is 0.862. The van der Waals surface area contributed by atoms with Crippen LogP contribution in [0.15, 0.2) is 30.5 Å². The normalized spacial score (nSPS) is 13.6. The molecule has 1 aromatic carbocycles. The summed E-state index contributed by atoms with van der Waals surface area (Å²) in [5.74, 6) is 1.93. The van der Waals surface area contributed by atoms with Crippen molar-refractivity contribution in [3.05, 3.63) is 30.5 Å². The van der Waals surface area contributed by atoms with Crippen LogP contribution in [-0.4, -0.2) is 17.7 Å². The second kappa shape index (κ2) is 6.03. The van der Waals surface area contributed by atoms with Gasteiger partial charge in [0, 0.05) is 17.1 Å². The first-order chi connectivity index (χ1) is 8.83. The first-order valence-corrected chi connectivity index (χ1v) is 6.02. The average molecular weight is 245 g/mol. The van der Waals surface area contributed by atoms with Crippen LogP contribution in [0.2, 0.25) is 0 Å². The summed E-state index contributed by atoms with van der Waals surface area (Å²) in [5, 5.41) is 1.22. The summed E-state index contributed by atoms with van der Waals surface area (Å²) in [6, 6.07) is 8.27. The van der Waals surface area contributed by atoms with Gasteiger partial charge in [-0.1, -0.05) is 12.8 Å². The van der Waals surface area contributed by atoms with Crippen LogP contribution in [-0.2, 0) is 9.59 Å². The van der Waals surface area contributed by atoms with Gasteiger partial charge >= 0.3 is 6.15 Å². The third-order valence-electron chi connectivity index (χ3n) is 3.02. The molecule has 0 unspecified atom stereocenters. The molecule has 0 saturated heterocycles. The molecule has 1 aliphatic carbocycles. The molecule has 3 rings (SSSR count). The molecular weight excluding hydrogens is 230 g/mol. The van der Waals surface area contributed by atoms with Crippen molar-refractivity contribution in [1.82, 2.24) is 4.98 Å². The number of benzene rings is 1. The van der Waals surface area contributed by atoms with Crippen molar-refractivity contribution in [3.63, 3.8) is 0 Å². The highest BCUT2D eigenvalue weighted by atomic mass is 16.5. The fourth-order valence-corrected chi connectivity index (χ4v) is 1.87. The number of nitrogens with one attached hydrogen (secondary N) is 1. The fraction of sp³-hybridized carbons (Fsp3) is 0.357. The van der Waals surface area contributed by atoms with E-state index in [1.54, 1.807) is 0 Å². The van der Waals surface area contributed by atoms with Crippen molar-refractivity contribution < 1.29 is 14.3 Å².